The molecule has 0 amide bonds. The summed E-state index contributed by atoms with van der Waals surface area (Å²) in [7, 11) is 0. The van der Waals surface area contributed by atoms with Crippen molar-refractivity contribution in [1.29, 1.82) is 0 Å². The molecule has 37 heavy (non-hydrogen) atoms. The van der Waals surface area contributed by atoms with Crippen LogP contribution in [-0.2, 0) is 16.6 Å². The van der Waals surface area contributed by atoms with E-state index in [4.69, 9.17) is 14.2 Å². The maximum absolute atomic E-state index is 13.2. The van der Waals surface area contributed by atoms with E-state index < -0.39 is 28.2 Å². The Morgan fingerprint density at radius 3 is 2.68 bits per heavy atom. The van der Waals surface area contributed by atoms with Crippen LogP contribution in [0.1, 0.15) is 43.2 Å². The minimum absolute atomic E-state index is 0.0393. The number of benzene rings is 2. The van der Waals surface area contributed by atoms with Crippen molar-refractivity contribution in [2.24, 2.45) is 5.92 Å². The van der Waals surface area contributed by atoms with Gasteiger partial charge in [0.1, 0.15) is 5.75 Å². The first-order valence-corrected chi connectivity index (χ1v) is 12.8. The molecule has 5 aliphatic rings. The van der Waals surface area contributed by atoms with Gasteiger partial charge < -0.3 is 19.3 Å². The molecule has 0 aromatic heterocycles. The fraction of sp³-hybridized carbons (Fsp3) is 0.481. The predicted molar refractivity (Wildman–Crippen MR) is 128 cm³/mol. The number of nitro groups is 1. The van der Waals surface area contributed by atoms with Crippen molar-refractivity contribution in [1.82, 2.24) is 4.90 Å². The van der Waals surface area contributed by atoms with Crippen molar-refractivity contribution < 1.29 is 33.8 Å². The molecule has 1 spiro atoms. The summed E-state index contributed by atoms with van der Waals surface area (Å²) in [5.74, 6) is 1.19. The Kier molecular flexibility index (Phi) is 4.75. The van der Waals surface area contributed by atoms with Gasteiger partial charge in [-0.15, -0.1) is 0 Å². The van der Waals surface area contributed by atoms with E-state index in [1.165, 1.54) is 37.1 Å². The van der Waals surface area contributed by atoms with Gasteiger partial charge in [0.05, 0.1) is 15.9 Å². The molecule has 192 valence electrons. The van der Waals surface area contributed by atoms with Crippen LogP contribution < -0.4 is 14.2 Å². The summed E-state index contributed by atoms with van der Waals surface area (Å²) in [6.45, 7) is 1.75. The highest BCUT2D eigenvalue weighted by Gasteiger charge is 2.73. The van der Waals surface area contributed by atoms with Crippen LogP contribution in [0, 0.1) is 16.0 Å². The Labute approximate surface area is 212 Å². The molecule has 2 saturated carbocycles. The lowest BCUT2D eigenvalue weighted by atomic mass is 9.49. The predicted octanol–water partition coefficient (Wildman–Crippen LogP) is 3.31. The highest BCUT2D eigenvalue weighted by Crippen LogP contribution is 2.65. The standard InChI is InChI=1S/C27H26N2O8/c30-19-9-10-27(32)21-13-16-3-8-20(36-25(31)35-18-6-4-17(5-7-18)29(33)34)23-22(16)26(27,24(19)37-23)11-12-28(21)14-15-1-2-15/h3-8,15,21,24,32H,1-2,9-14H2/t21-,24+,26+,27-/m1/s1. The first-order valence-electron chi connectivity index (χ1n) is 12.8. The number of carbonyl (C=O) groups excluding carboxylic acids is 2. The number of aliphatic hydroxyl groups is 1. The number of piperidine rings is 1. The second-order valence-corrected chi connectivity index (χ2v) is 10.9. The van der Waals surface area contributed by atoms with E-state index in [1.807, 2.05) is 6.07 Å². The topological polar surface area (TPSA) is 128 Å². The van der Waals surface area contributed by atoms with E-state index in [2.05, 4.69) is 4.90 Å². The molecule has 3 fully saturated rings. The molecule has 3 aliphatic carbocycles. The monoisotopic (exact) mass is 506 g/mol. The summed E-state index contributed by atoms with van der Waals surface area (Å²) in [5.41, 5.74) is -0.293. The number of ether oxygens (including phenoxy) is 3. The van der Waals surface area contributed by atoms with E-state index in [0.717, 1.165) is 24.2 Å². The summed E-state index contributed by atoms with van der Waals surface area (Å²) in [5, 5.41) is 23.2. The van der Waals surface area contributed by atoms with Crippen LogP contribution in [0.25, 0.3) is 0 Å². The number of nitrogens with zero attached hydrogens (tertiary/aromatic N) is 2. The quantitative estimate of drug-likeness (QED) is 0.281. The van der Waals surface area contributed by atoms with Crippen molar-refractivity contribution in [2.75, 3.05) is 13.1 Å². The second-order valence-electron chi connectivity index (χ2n) is 10.9. The molecular weight excluding hydrogens is 480 g/mol. The maximum atomic E-state index is 13.2. The van der Waals surface area contributed by atoms with Gasteiger partial charge in [0.15, 0.2) is 23.4 Å². The largest absolute Gasteiger partial charge is 0.519 e. The zero-order chi connectivity index (χ0) is 25.5. The number of hydrogen-bond donors (Lipinski definition) is 1. The molecule has 2 heterocycles. The molecule has 7 rings (SSSR count). The average molecular weight is 507 g/mol. The van der Waals surface area contributed by atoms with Gasteiger partial charge in [-0.3, -0.25) is 19.8 Å². The van der Waals surface area contributed by atoms with Crippen molar-refractivity contribution >= 4 is 17.6 Å². The molecule has 1 saturated heterocycles. The van der Waals surface area contributed by atoms with Gasteiger partial charge in [-0.25, -0.2) is 4.79 Å². The Morgan fingerprint density at radius 1 is 1.16 bits per heavy atom. The summed E-state index contributed by atoms with van der Waals surface area (Å²) in [6.07, 6.45) is 2.49. The molecule has 4 atom stereocenters. The number of rotatable bonds is 5. The fourth-order valence-electron chi connectivity index (χ4n) is 7.18. The van der Waals surface area contributed by atoms with Crippen molar-refractivity contribution in [2.45, 2.75) is 61.7 Å². The number of ketones is 1. The van der Waals surface area contributed by atoms with Crippen LogP contribution in [0.4, 0.5) is 10.5 Å². The third-order valence-electron chi connectivity index (χ3n) is 8.99. The number of non-ortho nitro benzene ring substituents is 1. The van der Waals surface area contributed by atoms with E-state index in [1.54, 1.807) is 6.07 Å². The SMILES string of the molecule is O=C(Oc1ccc([N+](=O)[O-])cc1)Oc1ccc2c3c1O[C@H]1C(=O)CC[C@@]4(O)[C@@H](C2)N(CC2CC2)CC[C@]314. The summed E-state index contributed by atoms with van der Waals surface area (Å²) >= 11 is 0. The smallest absolute Gasteiger partial charge is 0.477 e. The molecule has 2 aromatic rings. The lowest BCUT2D eigenvalue weighted by molar-refractivity contribution is -0.384. The van der Waals surface area contributed by atoms with Crippen LogP contribution in [0.3, 0.4) is 0 Å². The summed E-state index contributed by atoms with van der Waals surface area (Å²) < 4.78 is 17.0. The summed E-state index contributed by atoms with van der Waals surface area (Å²) in [4.78, 5) is 38.5. The molecule has 2 aromatic carbocycles. The Hall–Kier alpha value is -3.50. The Balaban J connectivity index is 1.22. The maximum Gasteiger partial charge on any atom is 0.519 e. The van der Waals surface area contributed by atoms with E-state index in [0.29, 0.717) is 30.9 Å². The minimum Gasteiger partial charge on any atom is -0.477 e. The van der Waals surface area contributed by atoms with Crippen LogP contribution in [0.2, 0.25) is 0 Å². The van der Waals surface area contributed by atoms with Crippen LogP contribution in [0.15, 0.2) is 36.4 Å². The van der Waals surface area contributed by atoms with Gasteiger partial charge in [-0.1, -0.05) is 6.07 Å². The van der Waals surface area contributed by atoms with Crippen LogP contribution >= 0.6 is 0 Å². The van der Waals surface area contributed by atoms with Crippen molar-refractivity contribution in [3.63, 3.8) is 0 Å². The van der Waals surface area contributed by atoms with E-state index in [-0.39, 0.29) is 35.4 Å². The number of carbonyl (C=O) groups is 2. The highest BCUT2D eigenvalue weighted by atomic mass is 16.7. The van der Waals surface area contributed by atoms with Gasteiger partial charge in [-0.05, 0) is 68.3 Å². The van der Waals surface area contributed by atoms with E-state index in [9.17, 15) is 24.8 Å². The van der Waals surface area contributed by atoms with Gasteiger partial charge in [0.2, 0.25) is 0 Å². The second kappa shape index (κ2) is 7.75. The average Bonchev–Trinajstić information content (AvgIpc) is 3.61. The third-order valence-corrected chi connectivity index (χ3v) is 8.99. The van der Waals surface area contributed by atoms with Crippen LogP contribution in [0.5, 0.6) is 17.2 Å². The van der Waals surface area contributed by atoms with Crippen molar-refractivity contribution in [3.8, 4) is 17.2 Å². The molecule has 0 radical (unpaired) electrons. The van der Waals surface area contributed by atoms with E-state index >= 15 is 0 Å². The fourth-order valence-corrected chi connectivity index (χ4v) is 7.18. The van der Waals surface area contributed by atoms with Gasteiger partial charge in [-0.2, -0.15) is 0 Å². The molecular formula is C27H26N2O8. The van der Waals surface area contributed by atoms with Crippen molar-refractivity contribution in [3.05, 3.63) is 57.6 Å². The number of hydrogen-bond acceptors (Lipinski definition) is 9. The lowest BCUT2D eigenvalue weighted by Gasteiger charge is -2.62. The number of likely N-dealkylation sites (tertiary alicyclic amines) is 1. The molecule has 10 nitrogen and oxygen atoms in total. The normalized spacial score (nSPS) is 31.3. The van der Waals surface area contributed by atoms with Gasteiger partial charge in [0.25, 0.3) is 5.69 Å². The van der Waals surface area contributed by atoms with Gasteiger partial charge in [0, 0.05) is 36.7 Å². The molecule has 2 bridgehead atoms. The molecule has 1 N–H and O–H groups in total. The molecule has 2 aliphatic heterocycles. The lowest BCUT2D eigenvalue weighted by Crippen LogP contribution is -2.76. The first-order chi connectivity index (χ1) is 17.8. The Morgan fingerprint density at radius 2 is 1.95 bits per heavy atom. The Bertz CT molecular complexity index is 1340. The number of Topliss-reactive ketones (excluding diaryl/α,β-unsaturated/α-hetero) is 1. The first kappa shape index (κ1) is 22.7. The number of nitro benzene ring substituents is 1. The van der Waals surface area contributed by atoms with Gasteiger partial charge >= 0.3 is 6.16 Å². The molecule has 10 heteroatoms. The zero-order valence-corrected chi connectivity index (χ0v) is 20.1. The zero-order valence-electron chi connectivity index (χ0n) is 20.1. The van der Waals surface area contributed by atoms with Crippen LogP contribution in [-0.4, -0.2) is 57.7 Å². The summed E-state index contributed by atoms with van der Waals surface area (Å²) in [6, 6.07) is 8.53. The highest BCUT2D eigenvalue weighted by molar-refractivity contribution is 5.90. The minimum atomic E-state index is -1.10. The third kappa shape index (κ3) is 3.18. The molecule has 0 unspecified atom stereocenters.